The van der Waals surface area contributed by atoms with Gasteiger partial charge in [-0.05, 0) is 55.5 Å². The largest absolute Gasteiger partial charge is 0.493 e. The van der Waals surface area contributed by atoms with Gasteiger partial charge in [0, 0.05) is 19.6 Å². The SMILES string of the molecule is COc1ccc(CCNc2ccc(C(=O)N3CCCCC3)nc2)cc1OC. The molecule has 6 heteroatoms. The van der Waals surface area contributed by atoms with E-state index in [4.69, 9.17) is 9.47 Å². The van der Waals surface area contributed by atoms with Gasteiger partial charge in [0.25, 0.3) is 5.91 Å². The standard InChI is InChI=1S/C21H27N3O3/c1-26-19-9-6-16(14-20(19)27-2)10-11-22-17-7-8-18(23-15-17)21(25)24-12-4-3-5-13-24/h6-9,14-15,22H,3-5,10-13H2,1-2H3. The third-order valence-corrected chi connectivity index (χ3v) is 4.82. The normalized spacial score (nSPS) is 13.9. The second kappa shape index (κ2) is 9.26. The Balaban J connectivity index is 1.52. The lowest BCUT2D eigenvalue weighted by atomic mass is 10.1. The fourth-order valence-corrected chi connectivity index (χ4v) is 3.27. The number of benzene rings is 1. The molecule has 1 N–H and O–H groups in total. The van der Waals surface area contributed by atoms with E-state index in [2.05, 4.69) is 10.3 Å². The predicted molar refractivity (Wildman–Crippen MR) is 106 cm³/mol. The van der Waals surface area contributed by atoms with Gasteiger partial charge in [0.2, 0.25) is 0 Å². The quantitative estimate of drug-likeness (QED) is 0.811. The smallest absolute Gasteiger partial charge is 0.272 e. The van der Waals surface area contributed by atoms with Crippen molar-refractivity contribution in [3.63, 3.8) is 0 Å². The molecule has 1 fully saturated rings. The molecular weight excluding hydrogens is 342 g/mol. The summed E-state index contributed by atoms with van der Waals surface area (Å²) in [6, 6.07) is 9.64. The summed E-state index contributed by atoms with van der Waals surface area (Å²) in [6.07, 6.45) is 5.95. The molecule has 0 radical (unpaired) electrons. The number of amides is 1. The number of hydrogen-bond acceptors (Lipinski definition) is 5. The Morgan fingerprint density at radius 3 is 2.52 bits per heavy atom. The third-order valence-electron chi connectivity index (χ3n) is 4.82. The molecule has 1 aromatic carbocycles. The minimum atomic E-state index is 0.0339. The number of aromatic nitrogens is 1. The van der Waals surface area contributed by atoms with E-state index in [1.165, 1.54) is 6.42 Å². The molecule has 6 nitrogen and oxygen atoms in total. The minimum Gasteiger partial charge on any atom is -0.493 e. The summed E-state index contributed by atoms with van der Waals surface area (Å²) >= 11 is 0. The number of nitrogens with zero attached hydrogens (tertiary/aromatic N) is 2. The number of rotatable bonds is 7. The maximum absolute atomic E-state index is 12.4. The van der Waals surface area contributed by atoms with E-state index in [1.807, 2.05) is 29.2 Å². The van der Waals surface area contributed by atoms with Crippen molar-refractivity contribution >= 4 is 11.6 Å². The van der Waals surface area contributed by atoms with Gasteiger partial charge in [0.1, 0.15) is 5.69 Å². The second-order valence-electron chi connectivity index (χ2n) is 6.65. The van der Waals surface area contributed by atoms with Gasteiger partial charge in [-0.2, -0.15) is 0 Å². The number of carbonyl (C=O) groups is 1. The highest BCUT2D eigenvalue weighted by molar-refractivity contribution is 5.92. The number of piperidine rings is 1. The van der Waals surface area contributed by atoms with Crippen LogP contribution < -0.4 is 14.8 Å². The number of nitrogens with one attached hydrogen (secondary N) is 1. The van der Waals surface area contributed by atoms with Gasteiger partial charge in [-0.3, -0.25) is 4.79 Å². The van der Waals surface area contributed by atoms with Crippen molar-refractivity contribution in [2.45, 2.75) is 25.7 Å². The number of anilines is 1. The van der Waals surface area contributed by atoms with Crippen LogP contribution in [-0.2, 0) is 6.42 Å². The predicted octanol–water partition coefficient (Wildman–Crippen LogP) is 3.38. The molecule has 2 heterocycles. The van der Waals surface area contributed by atoms with Crippen LogP contribution in [-0.4, -0.2) is 49.6 Å². The molecule has 0 atom stereocenters. The molecule has 144 valence electrons. The molecule has 0 unspecified atom stereocenters. The monoisotopic (exact) mass is 369 g/mol. The lowest BCUT2D eigenvalue weighted by Gasteiger charge is -2.26. The Labute approximate surface area is 160 Å². The number of likely N-dealkylation sites (tertiary alicyclic amines) is 1. The van der Waals surface area contributed by atoms with Crippen molar-refractivity contribution in [1.82, 2.24) is 9.88 Å². The molecule has 1 aliphatic heterocycles. The highest BCUT2D eigenvalue weighted by atomic mass is 16.5. The van der Waals surface area contributed by atoms with E-state index in [1.54, 1.807) is 26.5 Å². The summed E-state index contributed by atoms with van der Waals surface area (Å²) in [4.78, 5) is 18.7. The first-order valence-electron chi connectivity index (χ1n) is 9.41. The maximum atomic E-state index is 12.4. The van der Waals surface area contributed by atoms with E-state index in [-0.39, 0.29) is 5.91 Å². The van der Waals surface area contributed by atoms with Crippen LogP contribution in [0.4, 0.5) is 5.69 Å². The Bertz CT molecular complexity index is 756. The molecule has 1 amide bonds. The summed E-state index contributed by atoms with van der Waals surface area (Å²) in [5.74, 6) is 1.50. The molecule has 1 aliphatic rings. The molecule has 1 aromatic heterocycles. The first-order chi connectivity index (χ1) is 13.2. The fraction of sp³-hybridized carbons (Fsp3) is 0.429. The van der Waals surface area contributed by atoms with E-state index in [0.29, 0.717) is 5.69 Å². The molecular formula is C21H27N3O3. The second-order valence-corrected chi connectivity index (χ2v) is 6.65. The lowest BCUT2D eigenvalue weighted by Crippen LogP contribution is -2.36. The van der Waals surface area contributed by atoms with Crippen molar-refractivity contribution in [3.8, 4) is 11.5 Å². The van der Waals surface area contributed by atoms with Crippen LogP contribution in [0.2, 0.25) is 0 Å². The van der Waals surface area contributed by atoms with E-state index < -0.39 is 0 Å². The van der Waals surface area contributed by atoms with Crippen molar-refractivity contribution in [2.75, 3.05) is 39.2 Å². The van der Waals surface area contributed by atoms with Gasteiger partial charge >= 0.3 is 0 Å². The van der Waals surface area contributed by atoms with Crippen molar-refractivity contribution < 1.29 is 14.3 Å². The summed E-state index contributed by atoms with van der Waals surface area (Å²) in [5.41, 5.74) is 2.58. The summed E-state index contributed by atoms with van der Waals surface area (Å²) in [5, 5.41) is 3.35. The van der Waals surface area contributed by atoms with Crippen LogP contribution in [0.1, 0.15) is 35.3 Å². The zero-order valence-corrected chi connectivity index (χ0v) is 16.0. The minimum absolute atomic E-state index is 0.0339. The first kappa shape index (κ1) is 19.0. The Hall–Kier alpha value is -2.76. The number of ether oxygens (including phenoxy) is 2. The van der Waals surface area contributed by atoms with Crippen molar-refractivity contribution in [1.29, 1.82) is 0 Å². The first-order valence-corrected chi connectivity index (χ1v) is 9.41. The number of carbonyl (C=O) groups excluding carboxylic acids is 1. The third kappa shape index (κ3) is 4.90. The number of hydrogen-bond donors (Lipinski definition) is 1. The van der Waals surface area contributed by atoms with Crippen LogP contribution in [0.15, 0.2) is 36.5 Å². The van der Waals surface area contributed by atoms with Crippen molar-refractivity contribution in [2.24, 2.45) is 0 Å². The summed E-state index contributed by atoms with van der Waals surface area (Å²) < 4.78 is 10.6. The summed E-state index contributed by atoms with van der Waals surface area (Å²) in [7, 11) is 3.27. The van der Waals surface area contributed by atoms with Gasteiger partial charge in [0.15, 0.2) is 11.5 Å². The lowest BCUT2D eigenvalue weighted by molar-refractivity contribution is 0.0718. The average Bonchev–Trinajstić information content (AvgIpc) is 2.74. The zero-order chi connectivity index (χ0) is 19.1. The molecule has 0 bridgehead atoms. The molecule has 0 spiro atoms. The molecule has 2 aromatic rings. The van der Waals surface area contributed by atoms with E-state index in [9.17, 15) is 4.79 Å². The average molecular weight is 369 g/mol. The topological polar surface area (TPSA) is 63.7 Å². The van der Waals surface area contributed by atoms with Crippen LogP contribution in [0, 0.1) is 0 Å². The van der Waals surface area contributed by atoms with Gasteiger partial charge in [-0.15, -0.1) is 0 Å². The molecule has 27 heavy (non-hydrogen) atoms. The van der Waals surface area contributed by atoms with E-state index in [0.717, 1.165) is 61.6 Å². The highest BCUT2D eigenvalue weighted by Gasteiger charge is 2.18. The molecule has 3 rings (SSSR count). The van der Waals surface area contributed by atoms with Gasteiger partial charge in [-0.25, -0.2) is 4.98 Å². The summed E-state index contributed by atoms with van der Waals surface area (Å²) in [6.45, 7) is 2.44. The molecule has 0 saturated carbocycles. The van der Waals surface area contributed by atoms with Gasteiger partial charge in [0.05, 0.1) is 26.1 Å². The molecule has 1 saturated heterocycles. The van der Waals surface area contributed by atoms with Gasteiger partial charge in [-0.1, -0.05) is 6.07 Å². The van der Waals surface area contributed by atoms with Crippen LogP contribution in [0.25, 0.3) is 0 Å². The van der Waals surface area contributed by atoms with E-state index >= 15 is 0 Å². The Morgan fingerprint density at radius 1 is 1.07 bits per heavy atom. The maximum Gasteiger partial charge on any atom is 0.272 e. The zero-order valence-electron chi connectivity index (χ0n) is 16.0. The van der Waals surface area contributed by atoms with Crippen molar-refractivity contribution in [3.05, 3.63) is 47.8 Å². The van der Waals surface area contributed by atoms with Gasteiger partial charge < -0.3 is 19.7 Å². The fourth-order valence-electron chi connectivity index (χ4n) is 3.27. The number of methoxy groups -OCH3 is 2. The van der Waals surface area contributed by atoms with Crippen LogP contribution >= 0.6 is 0 Å². The number of pyridine rings is 1. The Kier molecular flexibility index (Phi) is 6.52. The molecule has 0 aliphatic carbocycles. The van der Waals surface area contributed by atoms with Crippen LogP contribution in [0.5, 0.6) is 11.5 Å². The highest BCUT2D eigenvalue weighted by Crippen LogP contribution is 2.27. The Morgan fingerprint density at radius 2 is 1.85 bits per heavy atom. The van der Waals surface area contributed by atoms with Crippen LogP contribution in [0.3, 0.4) is 0 Å².